The summed E-state index contributed by atoms with van der Waals surface area (Å²) in [6.07, 6.45) is 7.01. The molecule has 24 heavy (non-hydrogen) atoms. The Balaban J connectivity index is 1.60. The number of hydrogen-bond acceptors (Lipinski definition) is 4. The number of aromatic nitrogens is 1. The average Bonchev–Trinajstić information content (AvgIpc) is 3.42. The first kappa shape index (κ1) is 16.0. The number of carbonyl (C=O) groups excluding carboxylic acids is 1. The molecule has 2 aliphatic heterocycles. The van der Waals surface area contributed by atoms with Crippen molar-refractivity contribution in [1.29, 1.82) is 0 Å². The van der Waals surface area contributed by atoms with Gasteiger partial charge >= 0.3 is 0 Å². The van der Waals surface area contributed by atoms with Gasteiger partial charge in [-0.2, -0.15) is 0 Å². The number of likely N-dealkylation sites (tertiary alicyclic amines) is 1. The van der Waals surface area contributed by atoms with E-state index >= 15 is 0 Å². The van der Waals surface area contributed by atoms with Crippen LogP contribution in [0, 0.1) is 0 Å². The predicted molar refractivity (Wildman–Crippen MR) is 89.8 cm³/mol. The van der Waals surface area contributed by atoms with Crippen molar-refractivity contribution in [3.05, 3.63) is 30.1 Å². The van der Waals surface area contributed by atoms with Crippen molar-refractivity contribution >= 4 is 15.9 Å². The molecule has 1 spiro atoms. The van der Waals surface area contributed by atoms with Gasteiger partial charge in [0, 0.05) is 44.9 Å². The minimum atomic E-state index is -3.13. The van der Waals surface area contributed by atoms with Gasteiger partial charge < -0.3 is 4.90 Å². The average molecular weight is 349 g/mol. The van der Waals surface area contributed by atoms with Gasteiger partial charge in [0.05, 0.1) is 10.8 Å². The summed E-state index contributed by atoms with van der Waals surface area (Å²) >= 11 is 0. The lowest BCUT2D eigenvalue weighted by Crippen LogP contribution is -2.55. The number of pyridine rings is 1. The summed E-state index contributed by atoms with van der Waals surface area (Å²) in [5.41, 5.74) is 0.856. The van der Waals surface area contributed by atoms with Crippen LogP contribution in [0.25, 0.3) is 0 Å². The zero-order valence-corrected chi connectivity index (χ0v) is 14.7. The highest BCUT2D eigenvalue weighted by molar-refractivity contribution is 7.90. The normalized spacial score (nSPS) is 27.8. The van der Waals surface area contributed by atoms with Crippen LogP contribution in [0.1, 0.15) is 43.6 Å². The second-order valence-electron chi connectivity index (χ2n) is 7.24. The SMILES string of the molecule is CN1C(=O)C[C@H](c2ccncc2)C12CCN(S(=O)(=O)C1CC1)CC2. The molecule has 0 aromatic carbocycles. The van der Waals surface area contributed by atoms with Crippen molar-refractivity contribution in [3.63, 3.8) is 0 Å². The lowest BCUT2D eigenvalue weighted by molar-refractivity contribution is -0.130. The van der Waals surface area contributed by atoms with Gasteiger partial charge in [-0.15, -0.1) is 0 Å². The molecule has 6 nitrogen and oxygen atoms in total. The summed E-state index contributed by atoms with van der Waals surface area (Å²) in [6.45, 7) is 1.02. The molecule has 3 aliphatic rings. The van der Waals surface area contributed by atoms with E-state index < -0.39 is 10.0 Å². The van der Waals surface area contributed by atoms with Gasteiger partial charge in [-0.3, -0.25) is 9.78 Å². The Morgan fingerprint density at radius 2 is 1.79 bits per heavy atom. The number of rotatable bonds is 3. The Morgan fingerprint density at radius 3 is 2.38 bits per heavy atom. The first-order valence-electron chi connectivity index (χ1n) is 8.61. The topological polar surface area (TPSA) is 70.6 Å². The van der Waals surface area contributed by atoms with Crippen molar-refractivity contribution in [3.8, 4) is 0 Å². The molecule has 1 aliphatic carbocycles. The third kappa shape index (κ3) is 2.37. The van der Waals surface area contributed by atoms with Gasteiger partial charge in [-0.05, 0) is 43.4 Å². The highest BCUT2D eigenvalue weighted by Gasteiger charge is 2.54. The fourth-order valence-electron chi connectivity index (χ4n) is 4.40. The van der Waals surface area contributed by atoms with Crippen LogP contribution in [0.5, 0.6) is 0 Å². The molecule has 7 heteroatoms. The van der Waals surface area contributed by atoms with Crippen LogP contribution in [-0.2, 0) is 14.8 Å². The molecule has 1 aromatic rings. The molecule has 4 rings (SSSR count). The maximum Gasteiger partial charge on any atom is 0.223 e. The predicted octanol–water partition coefficient (Wildman–Crippen LogP) is 1.35. The Hall–Kier alpha value is -1.47. The summed E-state index contributed by atoms with van der Waals surface area (Å²) < 4.78 is 26.6. The molecule has 3 fully saturated rings. The van der Waals surface area contributed by atoms with E-state index in [0.717, 1.165) is 18.4 Å². The van der Waals surface area contributed by atoms with Gasteiger partial charge in [0.2, 0.25) is 15.9 Å². The van der Waals surface area contributed by atoms with Crippen molar-refractivity contribution in [2.24, 2.45) is 0 Å². The van der Waals surface area contributed by atoms with Crippen LogP contribution in [0.4, 0.5) is 0 Å². The van der Waals surface area contributed by atoms with E-state index in [-0.39, 0.29) is 22.6 Å². The Kier molecular flexibility index (Phi) is 3.69. The lowest BCUT2D eigenvalue weighted by atomic mass is 9.74. The molecule has 1 saturated carbocycles. The number of likely N-dealkylation sites (N-methyl/N-ethyl adjacent to an activating group) is 1. The maximum atomic E-state index is 12.5. The molecule has 0 radical (unpaired) electrons. The number of amides is 1. The summed E-state index contributed by atoms with van der Waals surface area (Å²) in [7, 11) is -1.26. The number of piperidine rings is 1. The molecule has 2 saturated heterocycles. The molecule has 1 amide bonds. The van der Waals surface area contributed by atoms with Crippen LogP contribution in [0.2, 0.25) is 0 Å². The zero-order valence-electron chi connectivity index (χ0n) is 13.9. The fourth-order valence-corrected chi connectivity index (χ4v) is 6.24. The summed E-state index contributed by atoms with van der Waals surface area (Å²) in [5, 5.41) is -0.162. The van der Waals surface area contributed by atoms with Crippen molar-refractivity contribution in [2.45, 2.75) is 48.8 Å². The van der Waals surface area contributed by atoms with Crippen molar-refractivity contribution in [1.82, 2.24) is 14.2 Å². The Bertz CT molecular complexity index is 738. The summed E-state index contributed by atoms with van der Waals surface area (Å²) in [5.74, 6) is 0.263. The zero-order chi connectivity index (χ0) is 16.9. The van der Waals surface area contributed by atoms with E-state index in [1.807, 2.05) is 24.1 Å². The van der Waals surface area contributed by atoms with E-state index in [1.54, 1.807) is 16.7 Å². The minimum Gasteiger partial charge on any atom is -0.339 e. The minimum absolute atomic E-state index is 0.115. The number of nitrogens with zero attached hydrogens (tertiary/aromatic N) is 3. The second-order valence-corrected chi connectivity index (χ2v) is 9.45. The fraction of sp³-hybridized carbons (Fsp3) is 0.647. The largest absolute Gasteiger partial charge is 0.339 e. The van der Waals surface area contributed by atoms with Gasteiger partial charge in [0.25, 0.3) is 0 Å². The van der Waals surface area contributed by atoms with Gasteiger partial charge in [0.15, 0.2) is 0 Å². The molecule has 0 N–H and O–H groups in total. The van der Waals surface area contributed by atoms with Crippen LogP contribution in [0.3, 0.4) is 0 Å². The van der Waals surface area contributed by atoms with Crippen molar-refractivity contribution < 1.29 is 13.2 Å². The molecule has 3 heterocycles. The first-order chi connectivity index (χ1) is 11.4. The van der Waals surface area contributed by atoms with Gasteiger partial charge in [-0.1, -0.05) is 0 Å². The highest BCUT2D eigenvalue weighted by atomic mass is 32.2. The smallest absolute Gasteiger partial charge is 0.223 e. The number of hydrogen-bond donors (Lipinski definition) is 0. The Morgan fingerprint density at radius 1 is 1.17 bits per heavy atom. The van der Waals surface area contributed by atoms with Crippen LogP contribution < -0.4 is 0 Å². The summed E-state index contributed by atoms with van der Waals surface area (Å²) in [4.78, 5) is 18.4. The van der Waals surface area contributed by atoms with Crippen LogP contribution in [-0.4, -0.2) is 59.4 Å². The van der Waals surface area contributed by atoms with Crippen LogP contribution >= 0.6 is 0 Å². The van der Waals surface area contributed by atoms with E-state index in [1.165, 1.54) is 0 Å². The van der Waals surface area contributed by atoms with E-state index in [0.29, 0.717) is 32.4 Å². The summed E-state index contributed by atoms with van der Waals surface area (Å²) in [6, 6.07) is 3.96. The molecule has 0 unspecified atom stereocenters. The quantitative estimate of drug-likeness (QED) is 0.826. The molecular formula is C17H23N3O3S. The highest BCUT2D eigenvalue weighted by Crippen LogP contribution is 2.48. The molecule has 1 atom stereocenters. The van der Waals surface area contributed by atoms with Gasteiger partial charge in [-0.25, -0.2) is 12.7 Å². The monoisotopic (exact) mass is 349 g/mol. The second kappa shape index (κ2) is 5.52. The van der Waals surface area contributed by atoms with Crippen molar-refractivity contribution in [2.75, 3.05) is 20.1 Å². The molecular weight excluding hydrogens is 326 g/mol. The lowest BCUT2D eigenvalue weighted by Gasteiger charge is -2.46. The van der Waals surface area contributed by atoms with E-state index in [9.17, 15) is 13.2 Å². The third-order valence-corrected chi connectivity index (χ3v) is 8.47. The maximum absolute atomic E-state index is 12.5. The van der Waals surface area contributed by atoms with E-state index in [2.05, 4.69) is 4.98 Å². The number of sulfonamides is 1. The van der Waals surface area contributed by atoms with Gasteiger partial charge in [0.1, 0.15) is 0 Å². The number of carbonyl (C=O) groups is 1. The van der Waals surface area contributed by atoms with E-state index in [4.69, 9.17) is 0 Å². The standard InChI is InChI=1S/C17H23N3O3S/c1-19-16(21)12-15(13-4-8-18-9-5-13)17(19)6-10-20(11-7-17)24(22,23)14-2-3-14/h4-5,8-9,14-15H,2-3,6-7,10-12H2,1H3/t15-/m1/s1. The van der Waals surface area contributed by atoms with Crippen LogP contribution in [0.15, 0.2) is 24.5 Å². The Labute approximate surface area is 142 Å². The first-order valence-corrected chi connectivity index (χ1v) is 10.1. The molecule has 0 bridgehead atoms. The molecule has 1 aromatic heterocycles. The third-order valence-electron chi connectivity index (χ3n) is 6.07. The molecule has 130 valence electrons.